The van der Waals surface area contributed by atoms with Crippen LogP contribution in [0.4, 0.5) is 0 Å². The van der Waals surface area contributed by atoms with Crippen molar-refractivity contribution in [2.24, 2.45) is 0 Å². The first-order valence-electron chi connectivity index (χ1n) is 11.1. The van der Waals surface area contributed by atoms with Gasteiger partial charge in [0.05, 0.1) is 12.0 Å². The van der Waals surface area contributed by atoms with Crippen LogP contribution in [0, 0.1) is 0 Å². The van der Waals surface area contributed by atoms with Gasteiger partial charge >= 0.3 is 0 Å². The number of carbonyl (C=O) groups excluding carboxylic acids is 1. The Morgan fingerprint density at radius 3 is 2.44 bits per heavy atom. The van der Waals surface area contributed by atoms with E-state index in [4.69, 9.17) is 4.42 Å². The average molecular weight is 444 g/mol. The number of carbonyl (C=O) groups is 1. The van der Waals surface area contributed by atoms with Crippen LogP contribution in [-0.2, 0) is 0 Å². The highest BCUT2D eigenvalue weighted by molar-refractivity contribution is 7.99. The first kappa shape index (κ1) is 20.8. The Morgan fingerprint density at radius 2 is 1.72 bits per heavy atom. The van der Waals surface area contributed by atoms with E-state index >= 15 is 0 Å². The lowest BCUT2D eigenvalue weighted by atomic mass is 9.84. The molecule has 2 aromatic heterocycles. The maximum Gasteiger partial charge on any atom is 0.205 e. The van der Waals surface area contributed by atoms with E-state index in [-0.39, 0.29) is 5.78 Å². The van der Waals surface area contributed by atoms with Gasteiger partial charge in [0.2, 0.25) is 5.82 Å². The first-order valence-corrected chi connectivity index (χ1v) is 12.1. The topological polar surface area (TPSA) is 60.9 Å². The van der Waals surface area contributed by atoms with Crippen molar-refractivity contribution in [2.45, 2.75) is 43.2 Å². The molecule has 1 aliphatic rings. The molecule has 2 heterocycles. The van der Waals surface area contributed by atoms with E-state index in [0.717, 1.165) is 11.3 Å². The molecule has 0 N–H and O–H groups in total. The van der Waals surface area contributed by atoms with Crippen molar-refractivity contribution in [3.8, 4) is 17.3 Å². The zero-order valence-electron chi connectivity index (χ0n) is 17.8. The van der Waals surface area contributed by atoms with Gasteiger partial charge in [-0.1, -0.05) is 73.5 Å². The van der Waals surface area contributed by atoms with E-state index in [1.807, 2.05) is 59.2 Å². The summed E-state index contributed by atoms with van der Waals surface area (Å²) in [5.41, 5.74) is 3.03. The quantitative estimate of drug-likeness (QED) is 0.239. The molecule has 5 rings (SSSR count). The van der Waals surface area contributed by atoms with Gasteiger partial charge in [-0.2, -0.15) is 0 Å². The molecule has 0 aliphatic heterocycles. The van der Waals surface area contributed by atoms with Crippen molar-refractivity contribution < 1.29 is 9.21 Å². The molecule has 5 nitrogen and oxygen atoms in total. The van der Waals surface area contributed by atoms with E-state index in [1.54, 1.807) is 6.26 Å². The number of para-hydroxylation sites is 1. The number of thioether (sulfide) groups is 1. The van der Waals surface area contributed by atoms with Gasteiger partial charge in [0.15, 0.2) is 16.7 Å². The molecule has 0 saturated heterocycles. The number of hydrogen-bond acceptors (Lipinski definition) is 5. The molecule has 4 aromatic rings. The molecule has 6 heteroatoms. The highest BCUT2D eigenvalue weighted by Gasteiger charge is 2.20. The van der Waals surface area contributed by atoms with Gasteiger partial charge in [-0.25, -0.2) is 0 Å². The number of hydrogen-bond donors (Lipinski definition) is 0. The van der Waals surface area contributed by atoms with Gasteiger partial charge in [0.25, 0.3) is 0 Å². The molecule has 0 unspecified atom stereocenters. The Bertz CT molecular complexity index is 1160. The lowest BCUT2D eigenvalue weighted by molar-refractivity contribution is 0.102. The number of nitrogens with zero attached hydrogens (tertiary/aromatic N) is 3. The molecule has 0 radical (unpaired) electrons. The zero-order chi connectivity index (χ0) is 21.8. The van der Waals surface area contributed by atoms with Crippen molar-refractivity contribution in [2.75, 3.05) is 5.75 Å². The Balaban J connectivity index is 1.33. The summed E-state index contributed by atoms with van der Waals surface area (Å²) >= 11 is 1.39. The SMILES string of the molecule is O=C(CSc1nnc(-c2ccco2)n1-c1ccccc1)c1ccc(C2CCCCC2)cc1. The predicted molar refractivity (Wildman–Crippen MR) is 126 cm³/mol. The fourth-order valence-corrected chi connectivity index (χ4v) is 5.18. The number of aromatic nitrogens is 3. The molecule has 1 fully saturated rings. The largest absolute Gasteiger partial charge is 0.461 e. The maximum atomic E-state index is 12.9. The smallest absolute Gasteiger partial charge is 0.205 e. The van der Waals surface area contributed by atoms with E-state index in [9.17, 15) is 4.79 Å². The first-order chi connectivity index (χ1) is 15.8. The summed E-state index contributed by atoms with van der Waals surface area (Å²) < 4.78 is 7.49. The minimum Gasteiger partial charge on any atom is -0.461 e. The van der Waals surface area contributed by atoms with Crippen LogP contribution in [0.15, 0.2) is 82.6 Å². The maximum absolute atomic E-state index is 12.9. The Morgan fingerprint density at radius 1 is 0.938 bits per heavy atom. The molecule has 32 heavy (non-hydrogen) atoms. The second-order valence-corrected chi connectivity index (χ2v) is 9.07. The van der Waals surface area contributed by atoms with Crippen molar-refractivity contribution >= 4 is 17.5 Å². The van der Waals surface area contributed by atoms with Crippen LogP contribution in [0.5, 0.6) is 0 Å². The summed E-state index contributed by atoms with van der Waals surface area (Å²) in [5, 5.41) is 9.35. The van der Waals surface area contributed by atoms with E-state index in [1.165, 1.54) is 49.4 Å². The third kappa shape index (κ3) is 4.41. The summed E-state index contributed by atoms with van der Waals surface area (Å²) in [6.45, 7) is 0. The summed E-state index contributed by atoms with van der Waals surface area (Å²) in [5.74, 6) is 2.29. The van der Waals surface area contributed by atoms with Crippen LogP contribution in [0.1, 0.15) is 53.9 Å². The highest BCUT2D eigenvalue weighted by Crippen LogP contribution is 2.33. The normalized spacial score (nSPS) is 14.5. The minimum absolute atomic E-state index is 0.0901. The fourth-order valence-electron chi connectivity index (χ4n) is 4.33. The molecule has 0 bridgehead atoms. The van der Waals surface area contributed by atoms with Gasteiger partial charge in [-0.15, -0.1) is 10.2 Å². The molecule has 1 saturated carbocycles. The third-order valence-electron chi connectivity index (χ3n) is 6.03. The molecule has 0 atom stereocenters. The van der Waals surface area contributed by atoms with Crippen molar-refractivity contribution in [3.63, 3.8) is 0 Å². The molecule has 0 spiro atoms. The molecular weight excluding hydrogens is 418 g/mol. The molecular formula is C26H25N3O2S. The predicted octanol–water partition coefficient (Wildman–Crippen LogP) is 6.55. The van der Waals surface area contributed by atoms with E-state index in [2.05, 4.69) is 22.3 Å². The molecule has 162 valence electrons. The van der Waals surface area contributed by atoms with Gasteiger partial charge in [-0.3, -0.25) is 9.36 Å². The molecule has 0 amide bonds. The van der Waals surface area contributed by atoms with Crippen LogP contribution in [0.25, 0.3) is 17.3 Å². The van der Waals surface area contributed by atoms with E-state index in [0.29, 0.717) is 28.4 Å². The Kier molecular flexibility index (Phi) is 6.21. The monoisotopic (exact) mass is 443 g/mol. The lowest BCUT2D eigenvalue weighted by Gasteiger charge is -2.22. The summed E-state index contributed by atoms with van der Waals surface area (Å²) in [4.78, 5) is 12.9. The zero-order valence-corrected chi connectivity index (χ0v) is 18.6. The Labute approximate surface area is 191 Å². The number of furan rings is 1. The Hall–Kier alpha value is -3.12. The van der Waals surface area contributed by atoms with Gasteiger partial charge in [0.1, 0.15) is 0 Å². The number of benzene rings is 2. The average Bonchev–Trinajstić information content (AvgIpc) is 3.54. The summed E-state index contributed by atoms with van der Waals surface area (Å²) in [6, 6.07) is 21.8. The summed E-state index contributed by atoms with van der Waals surface area (Å²) in [7, 11) is 0. The number of Topliss-reactive ketones (excluding diaryl/α,β-unsaturated/α-hetero) is 1. The second-order valence-electron chi connectivity index (χ2n) is 8.12. The van der Waals surface area contributed by atoms with Crippen LogP contribution >= 0.6 is 11.8 Å². The number of ketones is 1. The van der Waals surface area contributed by atoms with Crippen molar-refractivity contribution in [1.82, 2.24) is 14.8 Å². The minimum atomic E-state index is 0.0901. The fraction of sp³-hybridized carbons (Fsp3) is 0.269. The van der Waals surface area contributed by atoms with Crippen LogP contribution in [0.3, 0.4) is 0 Å². The van der Waals surface area contributed by atoms with Crippen LogP contribution in [0.2, 0.25) is 0 Å². The number of rotatable bonds is 7. The standard InChI is InChI=1S/C26H25N3O2S/c30-23(21-15-13-20(14-16-21)19-8-3-1-4-9-19)18-32-26-28-27-25(24-12-7-17-31-24)29(26)22-10-5-2-6-11-22/h2,5-7,10-17,19H,1,3-4,8-9,18H2. The van der Waals surface area contributed by atoms with Crippen molar-refractivity contribution in [3.05, 3.63) is 84.1 Å². The highest BCUT2D eigenvalue weighted by atomic mass is 32.2. The van der Waals surface area contributed by atoms with Crippen LogP contribution in [-0.4, -0.2) is 26.3 Å². The van der Waals surface area contributed by atoms with E-state index < -0.39 is 0 Å². The van der Waals surface area contributed by atoms with Gasteiger partial charge in [0, 0.05) is 11.3 Å². The van der Waals surface area contributed by atoms with Crippen LogP contribution < -0.4 is 0 Å². The van der Waals surface area contributed by atoms with Gasteiger partial charge in [-0.05, 0) is 48.6 Å². The second kappa shape index (κ2) is 9.57. The molecule has 2 aromatic carbocycles. The van der Waals surface area contributed by atoms with Gasteiger partial charge < -0.3 is 4.42 Å². The van der Waals surface area contributed by atoms with Crippen molar-refractivity contribution in [1.29, 1.82) is 0 Å². The molecule has 1 aliphatic carbocycles. The third-order valence-corrected chi connectivity index (χ3v) is 6.96. The lowest BCUT2D eigenvalue weighted by Crippen LogP contribution is -2.07. The summed E-state index contributed by atoms with van der Waals surface area (Å²) in [6.07, 6.45) is 8.10.